The minimum absolute atomic E-state index is 0.0439. The van der Waals surface area contributed by atoms with Crippen LogP contribution in [0.1, 0.15) is 15.9 Å². The van der Waals surface area contributed by atoms with Gasteiger partial charge in [0.15, 0.2) is 0 Å². The van der Waals surface area contributed by atoms with Crippen molar-refractivity contribution < 1.29 is 18.3 Å². The highest BCUT2D eigenvalue weighted by Crippen LogP contribution is 2.32. The van der Waals surface area contributed by atoms with Crippen LogP contribution in [0.25, 0.3) is 0 Å². The van der Waals surface area contributed by atoms with Gasteiger partial charge >= 0.3 is 5.97 Å². The number of carbonyl (C=O) groups is 1. The van der Waals surface area contributed by atoms with E-state index < -0.39 is 16.0 Å². The van der Waals surface area contributed by atoms with Crippen LogP contribution in [0.15, 0.2) is 77.7 Å². The van der Waals surface area contributed by atoms with Gasteiger partial charge in [-0.05, 0) is 48.9 Å². The fourth-order valence-electron chi connectivity index (χ4n) is 2.85. The molecule has 0 bridgehead atoms. The molecule has 0 saturated carbocycles. The molecule has 3 rings (SSSR count). The molecule has 3 aromatic carbocycles. The number of rotatable bonds is 6. The van der Waals surface area contributed by atoms with Gasteiger partial charge in [-0.3, -0.25) is 4.72 Å². The second-order valence-electron chi connectivity index (χ2n) is 6.30. The fraction of sp³-hybridized carbons (Fsp3) is 0.0952. The van der Waals surface area contributed by atoms with Crippen LogP contribution in [0.4, 0.5) is 17.1 Å². The van der Waals surface area contributed by atoms with Crippen LogP contribution in [0.3, 0.4) is 0 Å². The minimum Gasteiger partial charge on any atom is -0.478 e. The van der Waals surface area contributed by atoms with Gasteiger partial charge in [0.2, 0.25) is 0 Å². The van der Waals surface area contributed by atoms with E-state index in [1.54, 1.807) is 19.1 Å². The Morgan fingerprint density at radius 2 is 1.61 bits per heavy atom. The molecule has 144 valence electrons. The molecule has 0 heterocycles. The third-order valence-electron chi connectivity index (χ3n) is 4.40. The molecule has 0 aliphatic carbocycles. The van der Waals surface area contributed by atoms with Crippen molar-refractivity contribution in [1.82, 2.24) is 0 Å². The summed E-state index contributed by atoms with van der Waals surface area (Å²) < 4.78 is 28.3. The molecule has 0 aliphatic heterocycles. The first-order valence-corrected chi connectivity index (χ1v) is 10.0. The topological polar surface area (TPSA) is 86.7 Å². The molecule has 7 heteroatoms. The summed E-state index contributed by atoms with van der Waals surface area (Å²) in [6, 6.07) is 20.6. The fourth-order valence-corrected chi connectivity index (χ4v) is 3.95. The number of aromatic carboxylic acids is 1. The van der Waals surface area contributed by atoms with E-state index in [0.717, 1.165) is 5.69 Å². The Labute approximate surface area is 164 Å². The normalized spacial score (nSPS) is 11.1. The molecule has 0 radical (unpaired) electrons. The zero-order chi connectivity index (χ0) is 20.3. The summed E-state index contributed by atoms with van der Waals surface area (Å²) in [4.78, 5) is 13.1. The predicted molar refractivity (Wildman–Crippen MR) is 110 cm³/mol. The lowest BCUT2D eigenvalue weighted by atomic mass is 10.1. The quantitative estimate of drug-likeness (QED) is 0.650. The number of nitrogens with one attached hydrogen (secondary N) is 1. The second-order valence-corrected chi connectivity index (χ2v) is 7.98. The lowest BCUT2D eigenvalue weighted by molar-refractivity contribution is 0.0696. The number of hydrogen-bond donors (Lipinski definition) is 2. The molecule has 0 unspecified atom stereocenters. The Morgan fingerprint density at radius 3 is 2.29 bits per heavy atom. The Kier molecular flexibility index (Phi) is 5.37. The second kappa shape index (κ2) is 7.74. The number of carboxylic acids is 1. The standard InChI is InChI=1S/C21H20N2O4S/c1-15-12-13-17(14-18(15)21(24)25)28(26,27)22-19-10-6-7-11-20(19)23(2)16-8-4-3-5-9-16/h3-14,22H,1-2H3,(H,24,25). The highest BCUT2D eigenvalue weighted by atomic mass is 32.2. The molecular weight excluding hydrogens is 376 g/mol. The third kappa shape index (κ3) is 3.99. The molecule has 0 atom stereocenters. The third-order valence-corrected chi connectivity index (χ3v) is 5.77. The lowest BCUT2D eigenvalue weighted by Crippen LogP contribution is -2.17. The van der Waals surface area contributed by atoms with Crippen molar-refractivity contribution in [2.75, 3.05) is 16.7 Å². The van der Waals surface area contributed by atoms with Gasteiger partial charge in [0, 0.05) is 12.7 Å². The number of carboxylic acid groups (broad SMARTS) is 1. The zero-order valence-corrected chi connectivity index (χ0v) is 16.3. The van der Waals surface area contributed by atoms with E-state index in [9.17, 15) is 18.3 Å². The van der Waals surface area contributed by atoms with Crippen LogP contribution in [0.2, 0.25) is 0 Å². The SMILES string of the molecule is Cc1ccc(S(=O)(=O)Nc2ccccc2N(C)c2ccccc2)cc1C(=O)O. The van der Waals surface area contributed by atoms with Gasteiger partial charge < -0.3 is 10.0 Å². The highest BCUT2D eigenvalue weighted by molar-refractivity contribution is 7.92. The molecule has 0 amide bonds. The van der Waals surface area contributed by atoms with Crippen molar-refractivity contribution in [1.29, 1.82) is 0 Å². The molecule has 28 heavy (non-hydrogen) atoms. The highest BCUT2D eigenvalue weighted by Gasteiger charge is 2.20. The van der Waals surface area contributed by atoms with Crippen molar-refractivity contribution in [2.45, 2.75) is 11.8 Å². The van der Waals surface area contributed by atoms with Gasteiger partial charge in [-0.2, -0.15) is 0 Å². The summed E-state index contributed by atoms with van der Waals surface area (Å²) in [5.74, 6) is -1.17. The Morgan fingerprint density at radius 1 is 0.964 bits per heavy atom. The monoisotopic (exact) mass is 396 g/mol. The van der Waals surface area contributed by atoms with E-state index in [1.165, 1.54) is 18.2 Å². The van der Waals surface area contributed by atoms with Crippen LogP contribution < -0.4 is 9.62 Å². The number of para-hydroxylation sites is 3. The van der Waals surface area contributed by atoms with E-state index in [1.807, 2.05) is 54.4 Å². The molecule has 6 nitrogen and oxygen atoms in total. The van der Waals surface area contributed by atoms with Crippen molar-refractivity contribution in [3.8, 4) is 0 Å². The van der Waals surface area contributed by atoms with E-state index >= 15 is 0 Å². The molecule has 2 N–H and O–H groups in total. The van der Waals surface area contributed by atoms with Crippen LogP contribution in [-0.2, 0) is 10.0 Å². The number of hydrogen-bond acceptors (Lipinski definition) is 4. The number of anilines is 3. The van der Waals surface area contributed by atoms with Gasteiger partial charge in [0.1, 0.15) is 0 Å². The van der Waals surface area contributed by atoms with Crippen LogP contribution >= 0.6 is 0 Å². The van der Waals surface area contributed by atoms with Crippen LogP contribution in [0.5, 0.6) is 0 Å². The average molecular weight is 396 g/mol. The van der Waals surface area contributed by atoms with E-state index in [4.69, 9.17) is 0 Å². The van der Waals surface area contributed by atoms with Crippen molar-refractivity contribution in [3.63, 3.8) is 0 Å². The molecular formula is C21H20N2O4S. The summed E-state index contributed by atoms with van der Waals surface area (Å²) in [5, 5.41) is 9.27. The zero-order valence-electron chi connectivity index (χ0n) is 15.5. The summed E-state index contributed by atoms with van der Waals surface area (Å²) in [6.07, 6.45) is 0. The number of nitrogens with zero attached hydrogens (tertiary/aromatic N) is 1. The number of sulfonamides is 1. The van der Waals surface area contributed by atoms with Crippen molar-refractivity contribution in [2.24, 2.45) is 0 Å². The molecule has 0 saturated heterocycles. The van der Waals surface area contributed by atoms with Crippen LogP contribution in [0, 0.1) is 6.92 Å². The molecule has 0 spiro atoms. The van der Waals surface area contributed by atoms with Crippen LogP contribution in [-0.4, -0.2) is 26.5 Å². The molecule has 0 aromatic heterocycles. The summed E-state index contributed by atoms with van der Waals surface area (Å²) in [5.41, 5.74) is 2.42. The Hall–Kier alpha value is -3.32. The molecule has 0 aliphatic rings. The Bertz CT molecular complexity index is 1110. The number of benzene rings is 3. The lowest BCUT2D eigenvalue weighted by Gasteiger charge is -2.23. The first-order valence-electron chi connectivity index (χ1n) is 8.54. The Balaban J connectivity index is 1.98. The summed E-state index contributed by atoms with van der Waals surface area (Å²) >= 11 is 0. The number of aryl methyl sites for hydroxylation is 1. The van der Waals surface area contributed by atoms with E-state index in [0.29, 0.717) is 16.9 Å². The van der Waals surface area contributed by atoms with E-state index in [2.05, 4.69) is 4.72 Å². The minimum atomic E-state index is -3.96. The van der Waals surface area contributed by atoms with Crippen molar-refractivity contribution in [3.05, 3.63) is 83.9 Å². The summed E-state index contributed by atoms with van der Waals surface area (Å²) in [7, 11) is -2.12. The van der Waals surface area contributed by atoms with Gasteiger partial charge in [-0.1, -0.05) is 36.4 Å². The van der Waals surface area contributed by atoms with Gasteiger partial charge in [-0.15, -0.1) is 0 Å². The first-order chi connectivity index (χ1) is 13.3. The van der Waals surface area contributed by atoms with Gasteiger partial charge in [0.05, 0.1) is 21.8 Å². The maximum Gasteiger partial charge on any atom is 0.335 e. The first kappa shape index (κ1) is 19.4. The average Bonchev–Trinajstić information content (AvgIpc) is 2.68. The molecule has 0 fully saturated rings. The largest absolute Gasteiger partial charge is 0.478 e. The predicted octanol–water partition coefficient (Wildman–Crippen LogP) is 4.26. The molecule has 3 aromatic rings. The summed E-state index contributed by atoms with van der Waals surface area (Å²) in [6.45, 7) is 1.62. The maximum absolute atomic E-state index is 12.9. The smallest absolute Gasteiger partial charge is 0.335 e. The maximum atomic E-state index is 12.9. The van der Waals surface area contributed by atoms with Crippen molar-refractivity contribution >= 4 is 33.1 Å². The van der Waals surface area contributed by atoms with Gasteiger partial charge in [-0.25, -0.2) is 13.2 Å². The van der Waals surface area contributed by atoms with E-state index in [-0.39, 0.29) is 10.5 Å². The van der Waals surface area contributed by atoms with Gasteiger partial charge in [0.25, 0.3) is 10.0 Å².